The van der Waals surface area contributed by atoms with Gasteiger partial charge in [0.2, 0.25) is 0 Å². The quantitative estimate of drug-likeness (QED) is 0.0562. The third-order valence-corrected chi connectivity index (χ3v) is 12.0. The van der Waals surface area contributed by atoms with Gasteiger partial charge in [-0.05, 0) is 54.1 Å². The number of aromatic nitrogens is 6. The van der Waals surface area contributed by atoms with E-state index in [1.54, 1.807) is 66.7 Å². The normalized spacial score (nSPS) is 9.35. The summed E-state index contributed by atoms with van der Waals surface area (Å²) >= 11 is 0. The second-order valence-corrected chi connectivity index (χ2v) is 16.6. The number of pyridine rings is 6. The standard InChI is InChI=1S/C21H14N2O3.2C20H10N2O2.2Cu.6Na.4H2O/c1-12(24)15-10-19(22-17-8-4-2-6-13(15)17)20-11-16(21(25)26)14-7-3-5-9-18(14)23-20;2*23-11-13-9-19(21-17-7-3-1-5-15(13)17)20-10-14(12-24)16-6-2-4-8-18(16)22-20;;;;;;;;;;;;/h2-11,24H,1H2,(H,25,26);2*1-10H;;;;;;;;;4*1H2/q;2*-2;8*+1;;;;/p+2. The molecule has 0 aliphatic heterocycles. The fourth-order valence-electron chi connectivity index (χ4n) is 8.58. The summed E-state index contributed by atoms with van der Waals surface area (Å²) in [7, 11) is 0. The summed E-state index contributed by atoms with van der Waals surface area (Å²) in [5.74, 6) is -1.63. The molecule has 12 rings (SSSR count). The van der Waals surface area contributed by atoms with Crippen molar-refractivity contribution in [2.24, 2.45) is 0 Å². The van der Waals surface area contributed by atoms with Crippen LogP contribution in [0.2, 0.25) is 0 Å². The Morgan fingerprint density at radius 3 is 0.721 bits per heavy atom. The Labute approximate surface area is 646 Å². The summed E-state index contributed by atoms with van der Waals surface area (Å²) in [6.07, 6.45) is 7.80. The minimum Gasteiger partial charge on any atom is -0.872 e. The number of para-hydroxylation sites is 6. The molecule has 6 heterocycles. The van der Waals surface area contributed by atoms with Crippen LogP contribution in [0.25, 0.3) is 105 Å². The van der Waals surface area contributed by atoms with Crippen LogP contribution in [-0.2, 0) is 75.2 Å². The largest absolute Gasteiger partial charge is 1.00 e. The smallest absolute Gasteiger partial charge is 0.872 e. The Morgan fingerprint density at radius 1 is 0.314 bits per heavy atom. The van der Waals surface area contributed by atoms with Crippen molar-refractivity contribution in [2.75, 3.05) is 0 Å². The fourth-order valence-corrected chi connectivity index (χ4v) is 8.58. The van der Waals surface area contributed by atoms with Gasteiger partial charge in [-0.15, -0.1) is 83.1 Å². The Hall–Kier alpha value is -3.65. The van der Waals surface area contributed by atoms with E-state index in [1.807, 2.05) is 134 Å². The number of nitrogens with zero attached hydrogens (tertiary/aromatic N) is 6. The van der Waals surface area contributed by atoms with E-state index in [-0.39, 0.29) is 245 Å². The minimum atomic E-state index is -1.29. The van der Waals surface area contributed by atoms with Gasteiger partial charge in [0.15, 0.2) is 0 Å². The molecule has 0 bridgehead atoms. The van der Waals surface area contributed by atoms with Crippen molar-refractivity contribution in [3.8, 4) is 34.2 Å². The zero-order chi connectivity index (χ0) is 51.3. The number of carboxylic acids is 1. The Kier molecular flexibility index (Phi) is 40.4. The number of benzene rings is 6. The van der Waals surface area contributed by atoms with E-state index in [0.717, 1.165) is 21.5 Å². The van der Waals surface area contributed by atoms with Crippen LogP contribution in [-0.4, -0.2) is 61.0 Å². The number of carbonyl (C=O) groups is 1. The number of fused-ring (bicyclic) bond motifs is 6. The average Bonchev–Trinajstić information content (AvgIpc) is 1.59. The first-order valence-electron chi connectivity index (χ1n) is 22.6. The number of hydrogen-bond acceptors (Lipinski definition) is 13. The number of aromatic carboxylic acids is 1. The summed E-state index contributed by atoms with van der Waals surface area (Å²) < 4.78 is 0. The van der Waals surface area contributed by atoms with Gasteiger partial charge in [-0.1, -0.05) is 106 Å². The van der Waals surface area contributed by atoms with Gasteiger partial charge >= 0.3 is 211 Å². The summed E-state index contributed by atoms with van der Waals surface area (Å²) in [5.41, 5.74) is 8.82. The topological polar surface area (TPSA) is 341 Å². The second-order valence-electron chi connectivity index (χ2n) is 16.6. The molecule has 12 N–H and O–H groups in total. The Morgan fingerprint density at radius 2 is 0.500 bits per heavy atom. The van der Waals surface area contributed by atoms with Crippen molar-refractivity contribution in [3.63, 3.8) is 0 Å². The Balaban J connectivity index is -0.00000112. The fraction of sp³-hybridized carbons (Fsp3) is 0. The molecule has 12 aromatic rings. The van der Waals surface area contributed by atoms with Crippen LogP contribution in [0.3, 0.4) is 0 Å². The molecule has 86 heavy (non-hydrogen) atoms. The molecule has 0 saturated heterocycles. The molecule has 6 aromatic carbocycles. The number of carboxylic acid groups (broad SMARTS) is 1. The molecule has 0 unspecified atom stereocenters. The zero-order valence-electron chi connectivity index (χ0n) is 47.5. The third-order valence-electron chi connectivity index (χ3n) is 12.0. The molecular weight excluding hydrogens is 1260 g/mol. The number of carbonyl (C=O) groups excluding carboxylic acids is 5. The van der Waals surface area contributed by atoms with Crippen LogP contribution in [0.4, 0.5) is 0 Å². The van der Waals surface area contributed by atoms with Crippen molar-refractivity contribution in [1.82, 2.24) is 29.9 Å². The van der Waals surface area contributed by atoms with Gasteiger partial charge in [0, 0.05) is 61.2 Å². The second kappa shape index (κ2) is 40.2. The van der Waals surface area contributed by atoms with E-state index in [1.165, 1.54) is 6.07 Å². The summed E-state index contributed by atoms with van der Waals surface area (Å²) in [6.45, 7) is 3.50. The molecule has 25 heteroatoms. The van der Waals surface area contributed by atoms with Crippen LogP contribution in [0, 0.1) is 0 Å². The molecule has 0 aliphatic carbocycles. The van der Waals surface area contributed by atoms with Gasteiger partial charge in [-0.2, -0.15) is 0 Å². The van der Waals surface area contributed by atoms with Crippen LogP contribution < -0.4 is 188 Å². The first kappa shape index (κ1) is 86.6. The molecule has 6 aromatic heterocycles. The molecule has 0 fully saturated rings. The van der Waals surface area contributed by atoms with E-state index in [0.29, 0.717) is 106 Å². The predicted octanol–water partition coefficient (Wildman–Crippen LogP) is -12.8. The third kappa shape index (κ3) is 19.2. The van der Waals surface area contributed by atoms with Crippen LogP contribution in [0.15, 0.2) is 189 Å². The average molecular weight is 1300 g/mol. The molecule has 17 nitrogen and oxygen atoms in total. The van der Waals surface area contributed by atoms with E-state index in [2.05, 4.69) is 36.5 Å². The maximum absolute atomic E-state index is 12.0. The van der Waals surface area contributed by atoms with Gasteiger partial charge in [0.1, 0.15) is 0 Å². The molecule has 406 valence electrons. The molecular formula is C61H44Cu2N6Na6O11+6. The van der Waals surface area contributed by atoms with Gasteiger partial charge < -0.3 is 56.1 Å². The minimum absolute atomic E-state index is 0. The van der Waals surface area contributed by atoms with E-state index in [9.17, 15) is 34.2 Å². The zero-order valence-corrected chi connectivity index (χ0v) is 61.4. The molecule has 0 atom stereocenters. The maximum Gasteiger partial charge on any atom is 1.00 e. The van der Waals surface area contributed by atoms with E-state index < -0.39 is 5.97 Å². The van der Waals surface area contributed by atoms with Crippen LogP contribution in [0.5, 0.6) is 0 Å². The first-order valence-corrected chi connectivity index (χ1v) is 22.6. The molecule has 0 aliphatic rings. The summed E-state index contributed by atoms with van der Waals surface area (Å²) in [4.78, 5) is 84.1. The van der Waals surface area contributed by atoms with Gasteiger partial charge in [0.25, 0.3) is 0 Å². The van der Waals surface area contributed by atoms with Gasteiger partial charge in [0.05, 0.1) is 53.5 Å². The van der Waals surface area contributed by atoms with E-state index >= 15 is 0 Å². The predicted molar refractivity (Wildman–Crippen MR) is 299 cm³/mol. The molecule has 0 spiro atoms. The summed E-state index contributed by atoms with van der Waals surface area (Å²) in [5, 5.41) is 27.7. The van der Waals surface area contributed by atoms with Crippen molar-refractivity contribution < 1.29 is 268 Å². The SMILES string of the molecule is C=C([O-])c1cc(-c2cc(C(=O)[O-])c3ccccc3n2)nc2ccccc12.O=[C-]c1cc(-c2cc([C-]=O)c3ccccc3n2)nc2ccccc12.O=[C-]c1cc(-c2cc([C-]=O)c3ccccc3n2)nc2ccccc12.[Cu+].[Cu+].[Na+].[Na+].[Na+].[Na+].[Na+].[Na+].[OH3+].[OH3+].[OH3+].[OH3+]. The molecule has 0 amide bonds. The Bertz CT molecular complexity index is 3880. The first-order chi connectivity index (χ1) is 36.1. The molecule has 0 radical (unpaired) electrons. The van der Waals surface area contributed by atoms with Crippen LogP contribution in [0.1, 0.15) is 38.2 Å². The number of rotatable bonds is 9. The van der Waals surface area contributed by atoms with Crippen molar-refractivity contribution in [1.29, 1.82) is 0 Å². The number of hydrogen-bond donors (Lipinski definition) is 0. The summed E-state index contributed by atoms with van der Waals surface area (Å²) in [6, 6.07) is 53.1. The van der Waals surface area contributed by atoms with Gasteiger partial charge in [-0.25, -0.2) is 9.97 Å². The van der Waals surface area contributed by atoms with Crippen molar-refractivity contribution in [3.05, 3.63) is 222 Å². The van der Waals surface area contributed by atoms with Crippen molar-refractivity contribution >= 4 is 102 Å². The van der Waals surface area contributed by atoms with Gasteiger partial charge in [-0.3, -0.25) is 19.9 Å². The van der Waals surface area contributed by atoms with Crippen LogP contribution >= 0.6 is 0 Å². The van der Waals surface area contributed by atoms with E-state index in [4.69, 9.17) is 0 Å². The van der Waals surface area contributed by atoms with Crippen molar-refractivity contribution in [2.45, 2.75) is 0 Å². The molecule has 0 saturated carbocycles. The monoisotopic (exact) mass is 1300 g/mol. The maximum atomic E-state index is 12.0.